The second-order valence-corrected chi connectivity index (χ2v) is 8.14. The molecule has 1 aromatic heterocycles. The first-order valence-electron chi connectivity index (χ1n) is 9.03. The van der Waals surface area contributed by atoms with Gasteiger partial charge < -0.3 is 9.64 Å². The summed E-state index contributed by atoms with van der Waals surface area (Å²) in [7, 11) is 0. The van der Waals surface area contributed by atoms with Gasteiger partial charge in [-0.15, -0.1) is 10.2 Å². The van der Waals surface area contributed by atoms with Crippen LogP contribution in [0.4, 0.5) is 16.5 Å². The summed E-state index contributed by atoms with van der Waals surface area (Å²) in [4.78, 5) is 17.5. The van der Waals surface area contributed by atoms with E-state index in [1.807, 2.05) is 25.1 Å². The number of benzene rings is 2. The molecule has 0 atom stereocenters. The van der Waals surface area contributed by atoms with Crippen molar-refractivity contribution < 1.29 is 9.53 Å². The number of aromatic nitrogens is 1. The SMILES string of the molecule is CCN(CCOC(C)=O)c1ccc(N=Nc2nc3cc(Cl)c(Cl)cc3s2)c(C)c1. The maximum atomic E-state index is 10.9. The normalized spacial score (nSPS) is 11.3. The quantitative estimate of drug-likeness (QED) is 0.296. The molecule has 0 N–H and O–H groups in total. The molecule has 3 aromatic rings. The Hall–Kier alpha value is -2.22. The number of esters is 1. The van der Waals surface area contributed by atoms with Crippen molar-refractivity contribution in [3.8, 4) is 0 Å². The molecule has 0 radical (unpaired) electrons. The van der Waals surface area contributed by atoms with E-state index in [0.717, 1.165) is 33.7 Å². The van der Waals surface area contributed by atoms with Crippen LogP contribution in [0.25, 0.3) is 10.2 Å². The van der Waals surface area contributed by atoms with Gasteiger partial charge in [-0.05, 0) is 49.7 Å². The minimum Gasteiger partial charge on any atom is -0.464 e. The molecule has 0 spiro atoms. The zero-order valence-corrected chi connectivity index (χ0v) is 18.6. The molecule has 29 heavy (non-hydrogen) atoms. The monoisotopic (exact) mass is 450 g/mol. The fourth-order valence-corrected chi connectivity index (χ4v) is 3.96. The van der Waals surface area contributed by atoms with E-state index in [2.05, 4.69) is 27.0 Å². The summed E-state index contributed by atoms with van der Waals surface area (Å²) in [6, 6.07) is 9.46. The van der Waals surface area contributed by atoms with E-state index >= 15 is 0 Å². The molecule has 0 bridgehead atoms. The minimum atomic E-state index is -0.271. The number of hydrogen-bond acceptors (Lipinski definition) is 7. The summed E-state index contributed by atoms with van der Waals surface area (Å²) in [5, 5.41) is 10.1. The van der Waals surface area contributed by atoms with Crippen LogP contribution in [0.1, 0.15) is 19.4 Å². The van der Waals surface area contributed by atoms with Gasteiger partial charge in [-0.3, -0.25) is 4.79 Å². The summed E-state index contributed by atoms with van der Waals surface area (Å²) < 4.78 is 5.95. The van der Waals surface area contributed by atoms with Crippen LogP contribution in [-0.2, 0) is 9.53 Å². The number of ether oxygens (including phenoxy) is 1. The number of carbonyl (C=O) groups excluding carboxylic acids is 1. The number of aryl methyl sites for hydroxylation is 1. The summed E-state index contributed by atoms with van der Waals surface area (Å²) in [6.45, 7) is 7.24. The highest BCUT2D eigenvalue weighted by Gasteiger charge is 2.09. The van der Waals surface area contributed by atoms with Crippen LogP contribution in [0.3, 0.4) is 0 Å². The molecule has 0 amide bonds. The molecule has 2 aromatic carbocycles. The maximum Gasteiger partial charge on any atom is 0.302 e. The van der Waals surface area contributed by atoms with Gasteiger partial charge in [-0.25, -0.2) is 4.98 Å². The highest BCUT2D eigenvalue weighted by molar-refractivity contribution is 7.22. The number of halogens is 2. The number of thiazole rings is 1. The lowest BCUT2D eigenvalue weighted by Crippen LogP contribution is -2.27. The highest BCUT2D eigenvalue weighted by atomic mass is 35.5. The maximum absolute atomic E-state index is 10.9. The Morgan fingerprint density at radius 3 is 2.66 bits per heavy atom. The predicted octanol–water partition coefficient (Wildman–Crippen LogP) is 6.72. The smallest absolute Gasteiger partial charge is 0.302 e. The first kappa shape index (κ1) is 21.5. The van der Waals surface area contributed by atoms with Gasteiger partial charge in [0.05, 0.1) is 32.5 Å². The number of nitrogens with zero attached hydrogens (tertiary/aromatic N) is 4. The molecule has 0 aliphatic heterocycles. The van der Waals surface area contributed by atoms with Crippen LogP contribution < -0.4 is 4.90 Å². The third-order valence-electron chi connectivity index (χ3n) is 4.26. The molecule has 9 heteroatoms. The number of anilines is 1. The summed E-state index contributed by atoms with van der Waals surface area (Å²) in [6.07, 6.45) is 0. The Bertz CT molecular complexity index is 1030. The molecule has 0 aliphatic rings. The molecule has 0 unspecified atom stereocenters. The van der Waals surface area contributed by atoms with Crippen LogP contribution >= 0.6 is 34.5 Å². The largest absolute Gasteiger partial charge is 0.464 e. The van der Waals surface area contributed by atoms with E-state index in [9.17, 15) is 4.79 Å². The van der Waals surface area contributed by atoms with Gasteiger partial charge in [0.25, 0.3) is 0 Å². The number of carbonyl (C=O) groups is 1. The Labute approximate surface area is 183 Å². The van der Waals surface area contributed by atoms with E-state index in [4.69, 9.17) is 27.9 Å². The molecule has 152 valence electrons. The van der Waals surface area contributed by atoms with Crippen molar-refractivity contribution in [2.45, 2.75) is 20.8 Å². The Balaban J connectivity index is 1.75. The van der Waals surface area contributed by atoms with Gasteiger partial charge in [-0.2, -0.15) is 0 Å². The lowest BCUT2D eigenvalue weighted by Gasteiger charge is -2.23. The van der Waals surface area contributed by atoms with Crippen molar-refractivity contribution in [1.29, 1.82) is 0 Å². The lowest BCUT2D eigenvalue weighted by molar-refractivity contribution is -0.140. The Morgan fingerprint density at radius 1 is 1.21 bits per heavy atom. The lowest BCUT2D eigenvalue weighted by atomic mass is 10.1. The van der Waals surface area contributed by atoms with Gasteiger partial charge in [0.1, 0.15) is 6.61 Å². The number of rotatable bonds is 7. The summed E-state index contributed by atoms with van der Waals surface area (Å²) in [5.74, 6) is -0.271. The highest BCUT2D eigenvalue weighted by Crippen LogP contribution is 2.35. The van der Waals surface area contributed by atoms with E-state index in [1.54, 1.807) is 12.1 Å². The zero-order chi connectivity index (χ0) is 21.0. The van der Waals surface area contributed by atoms with Crippen molar-refractivity contribution in [1.82, 2.24) is 4.98 Å². The van der Waals surface area contributed by atoms with Gasteiger partial charge in [0.2, 0.25) is 5.13 Å². The molecule has 0 fully saturated rings. The van der Waals surface area contributed by atoms with Gasteiger partial charge in [0, 0.05) is 19.2 Å². The average molecular weight is 451 g/mol. The van der Waals surface area contributed by atoms with Crippen molar-refractivity contribution >= 4 is 67.2 Å². The number of hydrogen-bond donors (Lipinski definition) is 0. The van der Waals surface area contributed by atoms with E-state index in [1.165, 1.54) is 18.3 Å². The van der Waals surface area contributed by atoms with Gasteiger partial charge >= 0.3 is 5.97 Å². The Kier molecular flexibility index (Phi) is 7.05. The second kappa shape index (κ2) is 9.52. The van der Waals surface area contributed by atoms with Gasteiger partial charge in [-0.1, -0.05) is 34.5 Å². The van der Waals surface area contributed by atoms with Gasteiger partial charge in [0.15, 0.2) is 0 Å². The van der Waals surface area contributed by atoms with Crippen molar-refractivity contribution in [2.75, 3.05) is 24.6 Å². The van der Waals surface area contributed by atoms with E-state index < -0.39 is 0 Å². The van der Waals surface area contributed by atoms with Crippen molar-refractivity contribution in [3.05, 3.63) is 45.9 Å². The first-order valence-corrected chi connectivity index (χ1v) is 10.6. The van der Waals surface area contributed by atoms with Crippen molar-refractivity contribution in [2.24, 2.45) is 10.2 Å². The predicted molar refractivity (Wildman–Crippen MR) is 120 cm³/mol. The third kappa shape index (κ3) is 5.44. The Morgan fingerprint density at radius 2 is 1.97 bits per heavy atom. The average Bonchev–Trinajstić information content (AvgIpc) is 3.06. The molecule has 3 rings (SSSR count). The molecule has 6 nitrogen and oxygen atoms in total. The molecular formula is C20H20Cl2N4O2S. The number of likely N-dealkylation sites (N-methyl/N-ethyl adjacent to an activating group) is 1. The second-order valence-electron chi connectivity index (χ2n) is 6.32. The third-order valence-corrected chi connectivity index (χ3v) is 5.88. The minimum absolute atomic E-state index is 0.271. The molecular weight excluding hydrogens is 431 g/mol. The van der Waals surface area contributed by atoms with Crippen LogP contribution in [-0.4, -0.2) is 30.6 Å². The topological polar surface area (TPSA) is 67.2 Å². The molecule has 0 saturated carbocycles. The standard InChI is InChI=1S/C20H20Cl2N4O2S/c1-4-26(7-8-28-13(3)27)14-5-6-17(12(2)9-14)24-25-20-23-18-10-15(21)16(22)11-19(18)29-20/h5-6,9-11H,4,7-8H2,1-3H3. The van der Waals surface area contributed by atoms with E-state index in [0.29, 0.717) is 28.3 Å². The summed E-state index contributed by atoms with van der Waals surface area (Å²) >= 11 is 13.5. The van der Waals surface area contributed by atoms with Crippen molar-refractivity contribution in [3.63, 3.8) is 0 Å². The number of azo groups is 1. The zero-order valence-electron chi connectivity index (χ0n) is 16.3. The molecule has 0 saturated heterocycles. The van der Waals surface area contributed by atoms with Crippen LogP contribution in [0, 0.1) is 6.92 Å². The summed E-state index contributed by atoms with van der Waals surface area (Å²) in [5.41, 5.74) is 3.54. The fourth-order valence-electron chi connectivity index (χ4n) is 2.77. The molecule has 1 heterocycles. The van der Waals surface area contributed by atoms with Crippen LogP contribution in [0.5, 0.6) is 0 Å². The molecule has 0 aliphatic carbocycles. The van der Waals surface area contributed by atoms with Crippen LogP contribution in [0.15, 0.2) is 40.6 Å². The fraction of sp³-hybridized carbons (Fsp3) is 0.300. The van der Waals surface area contributed by atoms with E-state index in [-0.39, 0.29) is 5.97 Å². The number of fused-ring (bicyclic) bond motifs is 1. The first-order chi connectivity index (χ1) is 13.9. The van der Waals surface area contributed by atoms with Crippen LogP contribution in [0.2, 0.25) is 10.0 Å².